The molecule has 0 aliphatic carbocycles. The zero-order valence-electron chi connectivity index (χ0n) is 8.53. The van der Waals surface area contributed by atoms with E-state index in [0.717, 1.165) is 12.8 Å². The summed E-state index contributed by atoms with van der Waals surface area (Å²) < 4.78 is 5.53. The monoisotopic (exact) mass is 196 g/mol. The Labute approximate surface area is 83.7 Å². The molecule has 78 valence electrons. The summed E-state index contributed by atoms with van der Waals surface area (Å²) in [5.41, 5.74) is 2.42. The number of nitrogens with one attached hydrogen (secondary N) is 1. The molecular formula is C9H16N4O. The molecule has 0 aliphatic heterocycles. The van der Waals surface area contributed by atoms with Crippen molar-refractivity contribution in [1.29, 1.82) is 0 Å². The second-order valence-corrected chi connectivity index (χ2v) is 3.10. The van der Waals surface area contributed by atoms with Crippen LogP contribution in [0.25, 0.3) is 0 Å². The summed E-state index contributed by atoms with van der Waals surface area (Å²) in [7, 11) is 0. The molecule has 0 saturated carbocycles. The van der Waals surface area contributed by atoms with Crippen molar-refractivity contribution in [3.8, 4) is 5.88 Å². The number of rotatable bonds is 5. The molecule has 1 aromatic rings. The van der Waals surface area contributed by atoms with Crippen LogP contribution in [-0.2, 0) is 0 Å². The molecule has 5 heteroatoms. The van der Waals surface area contributed by atoms with Gasteiger partial charge in [0.1, 0.15) is 0 Å². The Morgan fingerprint density at radius 2 is 2.36 bits per heavy atom. The largest absolute Gasteiger partial charge is 0.474 e. The maximum atomic E-state index is 5.53. The van der Waals surface area contributed by atoms with Crippen LogP contribution in [0.1, 0.15) is 26.7 Å². The summed E-state index contributed by atoms with van der Waals surface area (Å²) in [6.45, 7) is 4.12. The van der Waals surface area contributed by atoms with E-state index >= 15 is 0 Å². The SMILES string of the molecule is CCCC(C)Oc1cncc(NN)n1. The molecule has 1 rings (SSSR count). The number of hydrazine groups is 1. The van der Waals surface area contributed by atoms with Gasteiger partial charge in [0.2, 0.25) is 5.88 Å². The van der Waals surface area contributed by atoms with Crippen LogP contribution in [0.15, 0.2) is 12.4 Å². The van der Waals surface area contributed by atoms with Crippen molar-refractivity contribution < 1.29 is 4.74 Å². The molecule has 3 N–H and O–H groups in total. The minimum Gasteiger partial charge on any atom is -0.474 e. The topological polar surface area (TPSA) is 73.1 Å². The first-order chi connectivity index (χ1) is 6.76. The van der Waals surface area contributed by atoms with Gasteiger partial charge in [0.15, 0.2) is 5.82 Å². The van der Waals surface area contributed by atoms with Crippen molar-refractivity contribution in [3.63, 3.8) is 0 Å². The average Bonchev–Trinajstić information content (AvgIpc) is 2.18. The first-order valence-corrected chi connectivity index (χ1v) is 4.71. The second-order valence-electron chi connectivity index (χ2n) is 3.10. The Balaban J connectivity index is 2.57. The number of ether oxygens (including phenoxy) is 1. The molecule has 1 atom stereocenters. The van der Waals surface area contributed by atoms with E-state index < -0.39 is 0 Å². The van der Waals surface area contributed by atoms with E-state index in [4.69, 9.17) is 10.6 Å². The van der Waals surface area contributed by atoms with Crippen LogP contribution < -0.4 is 16.0 Å². The quantitative estimate of drug-likeness (QED) is 0.549. The van der Waals surface area contributed by atoms with E-state index in [0.29, 0.717) is 11.7 Å². The molecule has 0 radical (unpaired) electrons. The maximum Gasteiger partial charge on any atom is 0.234 e. The average molecular weight is 196 g/mol. The van der Waals surface area contributed by atoms with Gasteiger partial charge in [-0.15, -0.1) is 0 Å². The zero-order valence-corrected chi connectivity index (χ0v) is 8.53. The summed E-state index contributed by atoms with van der Waals surface area (Å²) >= 11 is 0. The van der Waals surface area contributed by atoms with Crippen LogP contribution in [0.5, 0.6) is 5.88 Å². The molecule has 1 heterocycles. The molecule has 5 nitrogen and oxygen atoms in total. The predicted molar refractivity (Wildman–Crippen MR) is 54.8 cm³/mol. The van der Waals surface area contributed by atoms with E-state index in [-0.39, 0.29) is 6.10 Å². The minimum atomic E-state index is 0.155. The molecule has 0 saturated heterocycles. The third kappa shape index (κ3) is 3.18. The molecule has 1 unspecified atom stereocenters. The lowest BCUT2D eigenvalue weighted by Gasteiger charge is -2.12. The lowest BCUT2D eigenvalue weighted by Crippen LogP contribution is -2.14. The highest BCUT2D eigenvalue weighted by Crippen LogP contribution is 2.11. The number of nitrogens with zero attached hydrogens (tertiary/aromatic N) is 2. The van der Waals surface area contributed by atoms with Crippen LogP contribution in [0, 0.1) is 0 Å². The van der Waals surface area contributed by atoms with Gasteiger partial charge in [0, 0.05) is 0 Å². The first-order valence-electron chi connectivity index (χ1n) is 4.71. The highest BCUT2D eigenvalue weighted by Gasteiger charge is 2.04. The first kappa shape index (κ1) is 10.7. The molecular weight excluding hydrogens is 180 g/mol. The number of aromatic nitrogens is 2. The maximum absolute atomic E-state index is 5.53. The lowest BCUT2D eigenvalue weighted by atomic mass is 10.2. The lowest BCUT2D eigenvalue weighted by molar-refractivity contribution is 0.201. The van der Waals surface area contributed by atoms with Crippen LogP contribution in [0.2, 0.25) is 0 Å². The Kier molecular flexibility index (Phi) is 4.12. The van der Waals surface area contributed by atoms with Crippen LogP contribution in [-0.4, -0.2) is 16.1 Å². The molecule has 0 aliphatic rings. The molecule has 0 amide bonds. The summed E-state index contributed by atoms with van der Waals surface area (Å²) in [5.74, 6) is 6.21. The fourth-order valence-electron chi connectivity index (χ4n) is 1.15. The van der Waals surface area contributed by atoms with Crippen LogP contribution >= 0.6 is 0 Å². The Bertz CT molecular complexity index is 279. The fraction of sp³-hybridized carbons (Fsp3) is 0.556. The number of hydrogen-bond acceptors (Lipinski definition) is 5. The van der Waals surface area contributed by atoms with Gasteiger partial charge >= 0.3 is 0 Å². The van der Waals surface area contributed by atoms with Gasteiger partial charge in [-0.2, -0.15) is 4.98 Å². The van der Waals surface area contributed by atoms with Gasteiger partial charge in [-0.3, -0.25) is 4.98 Å². The molecule has 1 aromatic heterocycles. The van der Waals surface area contributed by atoms with Crippen LogP contribution in [0.3, 0.4) is 0 Å². The third-order valence-electron chi connectivity index (χ3n) is 1.78. The summed E-state index contributed by atoms with van der Waals surface area (Å²) in [6.07, 6.45) is 5.36. The zero-order chi connectivity index (χ0) is 10.4. The summed E-state index contributed by atoms with van der Waals surface area (Å²) in [6, 6.07) is 0. The molecule has 0 bridgehead atoms. The fourth-order valence-corrected chi connectivity index (χ4v) is 1.15. The van der Waals surface area contributed by atoms with E-state index in [1.165, 1.54) is 6.20 Å². The van der Waals surface area contributed by atoms with Crippen molar-refractivity contribution in [2.24, 2.45) is 5.84 Å². The van der Waals surface area contributed by atoms with E-state index in [1.807, 2.05) is 6.92 Å². The summed E-state index contributed by atoms with van der Waals surface area (Å²) in [5, 5.41) is 0. The summed E-state index contributed by atoms with van der Waals surface area (Å²) in [4.78, 5) is 8.03. The van der Waals surface area contributed by atoms with Crippen LogP contribution in [0.4, 0.5) is 5.82 Å². The number of hydrogen-bond donors (Lipinski definition) is 2. The van der Waals surface area contributed by atoms with E-state index in [1.54, 1.807) is 6.20 Å². The van der Waals surface area contributed by atoms with Gasteiger partial charge in [0.25, 0.3) is 0 Å². The number of nitrogen functional groups attached to an aromatic ring is 1. The van der Waals surface area contributed by atoms with Gasteiger partial charge < -0.3 is 10.2 Å². The number of anilines is 1. The highest BCUT2D eigenvalue weighted by atomic mass is 16.5. The predicted octanol–water partition coefficient (Wildman–Crippen LogP) is 1.33. The highest BCUT2D eigenvalue weighted by molar-refractivity contribution is 5.31. The smallest absolute Gasteiger partial charge is 0.234 e. The van der Waals surface area contributed by atoms with E-state index in [9.17, 15) is 0 Å². The van der Waals surface area contributed by atoms with Crippen molar-refractivity contribution >= 4 is 5.82 Å². The van der Waals surface area contributed by atoms with Crippen molar-refractivity contribution in [2.75, 3.05) is 5.43 Å². The van der Waals surface area contributed by atoms with Gasteiger partial charge in [-0.05, 0) is 13.3 Å². The van der Waals surface area contributed by atoms with Gasteiger partial charge in [-0.1, -0.05) is 13.3 Å². The molecule has 0 spiro atoms. The normalized spacial score (nSPS) is 12.2. The van der Waals surface area contributed by atoms with Crippen molar-refractivity contribution in [2.45, 2.75) is 32.8 Å². The number of nitrogens with two attached hydrogens (primary N) is 1. The van der Waals surface area contributed by atoms with Gasteiger partial charge in [0.05, 0.1) is 18.5 Å². The minimum absolute atomic E-state index is 0.155. The van der Waals surface area contributed by atoms with Crippen molar-refractivity contribution in [3.05, 3.63) is 12.4 Å². The van der Waals surface area contributed by atoms with Crippen molar-refractivity contribution in [1.82, 2.24) is 9.97 Å². The second kappa shape index (κ2) is 5.39. The Morgan fingerprint density at radius 1 is 1.57 bits per heavy atom. The molecule has 0 aromatic carbocycles. The molecule has 0 fully saturated rings. The van der Waals surface area contributed by atoms with Gasteiger partial charge in [-0.25, -0.2) is 5.84 Å². The Hall–Kier alpha value is -1.36. The molecule has 14 heavy (non-hydrogen) atoms. The standard InChI is InChI=1S/C9H16N4O/c1-3-4-7(2)14-9-6-11-5-8(12-9)13-10/h5-7H,3-4,10H2,1-2H3,(H,12,13). The van der Waals surface area contributed by atoms with E-state index in [2.05, 4.69) is 22.3 Å². The Morgan fingerprint density at radius 3 is 3.00 bits per heavy atom. The third-order valence-corrected chi connectivity index (χ3v) is 1.78.